The Bertz CT molecular complexity index is 994. The van der Waals surface area contributed by atoms with Crippen LogP contribution in [0.15, 0.2) is 53.4 Å². The van der Waals surface area contributed by atoms with Crippen molar-refractivity contribution in [1.29, 1.82) is 0 Å². The number of sulfonamides is 1. The van der Waals surface area contributed by atoms with E-state index in [2.05, 4.69) is 10.0 Å². The van der Waals surface area contributed by atoms with Crippen molar-refractivity contribution in [2.75, 3.05) is 31.0 Å². The van der Waals surface area contributed by atoms with Crippen LogP contribution in [-0.2, 0) is 19.6 Å². The van der Waals surface area contributed by atoms with Crippen LogP contribution >= 0.6 is 11.8 Å². The minimum absolute atomic E-state index is 0.0974. The second-order valence-electron chi connectivity index (χ2n) is 6.16. The summed E-state index contributed by atoms with van der Waals surface area (Å²) in [6.07, 6.45) is 2.28. The molecule has 30 heavy (non-hydrogen) atoms. The van der Waals surface area contributed by atoms with E-state index in [1.807, 2.05) is 6.26 Å². The van der Waals surface area contributed by atoms with E-state index in [1.54, 1.807) is 24.3 Å². The molecular weight excluding hydrogens is 428 g/mol. The van der Waals surface area contributed by atoms with E-state index >= 15 is 0 Å². The van der Waals surface area contributed by atoms with E-state index in [1.165, 1.54) is 50.2 Å². The first kappa shape index (κ1) is 23.6. The van der Waals surface area contributed by atoms with Gasteiger partial charge >= 0.3 is 5.97 Å². The van der Waals surface area contributed by atoms with Gasteiger partial charge in [-0.15, -0.1) is 0 Å². The monoisotopic (exact) mass is 452 g/mol. The molecule has 0 aromatic heterocycles. The average Bonchev–Trinajstić information content (AvgIpc) is 2.76. The summed E-state index contributed by atoms with van der Waals surface area (Å²) in [4.78, 5) is 24.4. The predicted octanol–water partition coefficient (Wildman–Crippen LogP) is 2.52. The van der Waals surface area contributed by atoms with Crippen LogP contribution in [0, 0.1) is 0 Å². The van der Waals surface area contributed by atoms with Gasteiger partial charge in [-0.05, 0) is 48.8 Å². The topological polar surface area (TPSA) is 111 Å². The minimum atomic E-state index is -3.97. The summed E-state index contributed by atoms with van der Waals surface area (Å²) >= 11 is 1.53. The predicted molar refractivity (Wildman–Crippen MR) is 117 cm³/mol. The van der Waals surface area contributed by atoms with Crippen molar-refractivity contribution in [3.05, 3.63) is 54.1 Å². The number of amides is 1. The van der Waals surface area contributed by atoms with E-state index in [0.717, 1.165) is 0 Å². The number of methoxy groups -OCH3 is 2. The Kier molecular flexibility index (Phi) is 8.55. The third kappa shape index (κ3) is 6.14. The number of carbonyl (C=O) groups is 2. The molecule has 8 nitrogen and oxygen atoms in total. The van der Waals surface area contributed by atoms with Gasteiger partial charge in [0, 0.05) is 5.56 Å². The molecule has 10 heteroatoms. The smallest absolute Gasteiger partial charge is 0.328 e. The Morgan fingerprint density at radius 1 is 1.10 bits per heavy atom. The van der Waals surface area contributed by atoms with Gasteiger partial charge in [0.2, 0.25) is 0 Å². The number of benzene rings is 2. The Balaban J connectivity index is 2.23. The maximum Gasteiger partial charge on any atom is 0.328 e. The molecule has 0 aliphatic rings. The van der Waals surface area contributed by atoms with Gasteiger partial charge in [0.25, 0.3) is 15.9 Å². The van der Waals surface area contributed by atoms with Gasteiger partial charge in [-0.2, -0.15) is 11.8 Å². The number of hydrogen-bond donors (Lipinski definition) is 2. The van der Waals surface area contributed by atoms with Gasteiger partial charge in [0.15, 0.2) is 0 Å². The van der Waals surface area contributed by atoms with E-state index < -0.39 is 27.9 Å². The molecule has 0 radical (unpaired) electrons. The second kappa shape index (κ2) is 10.9. The lowest BCUT2D eigenvalue weighted by Crippen LogP contribution is -2.42. The molecule has 0 saturated heterocycles. The van der Waals surface area contributed by atoms with Crippen molar-refractivity contribution in [2.45, 2.75) is 17.4 Å². The molecule has 1 unspecified atom stereocenters. The van der Waals surface area contributed by atoms with Gasteiger partial charge in [-0.25, -0.2) is 13.2 Å². The summed E-state index contributed by atoms with van der Waals surface area (Å²) in [6, 6.07) is 11.3. The first-order chi connectivity index (χ1) is 14.3. The fourth-order valence-corrected chi connectivity index (χ4v) is 4.19. The molecule has 0 aliphatic heterocycles. The Morgan fingerprint density at radius 3 is 2.50 bits per heavy atom. The highest BCUT2D eigenvalue weighted by molar-refractivity contribution is 7.98. The lowest BCUT2D eigenvalue weighted by molar-refractivity contribution is -0.142. The summed E-state index contributed by atoms with van der Waals surface area (Å²) in [5.41, 5.74) is 0.383. The summed E-state index contributed by atoms with van der Waals surface area (Å²) in [5, 5.41) is 2.60. The number of esters is 1. The van der Waals surface area contributed by atoms with Crippen LogP contribution in [-0.4, -0.2) is 52.6 Å². The molecule has 2 N–H and O–H groups in total. The third-order valence-electron chi connectivity index (χ3n) is 4.16. The molecule has 0 aliphatic carbocycles. The molecular formula is C20H24N2O6S2. The Morgan fingerprint density at radius 2 is 1.83 bits per heavy atom. The SMILES string of the molecule is COC(=O)C(CCSC)NC(=O)c1cccc(S(=O)(=O)Nc2ccccc2OC)c1. The number of carbonyl (C=O) groups excluding carboxylic acids is 2. The van der Waals surface area contributed by atoms with Gasteiger partial charge in [0.1, 0.15) is 11.8 Å². The molecule has 2 aromatic carbocycles. The van der Waals surface area contributed by atoms with Gasteiger partial charge in [-0.1, -0.05) is 18.2 Å². The lowest BCUT2D eigenvalue weighted by Gasteiger charge is -2.16. The van der Waals surface area contributed by atoms with Crippen LogP contribution in [0.3, 0.4) is 0 Å². The highest BCUT2D eigenvalue weighted by Crippen LogP contribution is 2.26. The fourth-order valence-electron chi connectivity index (χ4n) is 2.61. The number of ether oxygens (including phenoxy) is 2. The van der Waals surface area contributed by atoms with Crippen LogP contribution in [0.1, 0.15) is 16.8 Å². The summed E-state index contributed by atoms with van der Waals surface area (Å²) in [5.74, 6) is -0.110. The highest BCUT2D eigenvalue weighted by Gasteiger charge is 2.23. The maximum absolute atomic E-state index is 12.8. The van der Waals surface area contributed by atoms with E-state index in [0.29, 0.717) is 17.9 Å². The number of hydrogen-bond acceptors (Lipinski definition) is 7. The highest BCUT2D eigenvalue weighted by atomic mass is 32.2. The number of thioether (sulfide) groups is 1. The molecule has 162 valence electrons. The molecule has 1 atom stereocenters. The van der Waals surface area contributed by atoms with Crippen molar-refractivity contribution < 1.29 is 27.5 Å². The van der Waals surface area contributed by atoms with Crippen LogP contribution in [0.4, 0.5) is 5.69 Å². The summed E-state index contributed by atoms with van der Waals surface area (Å²) in [7, 11) is -1.29. The largest absolute Gasteiger partial charge is 0.495 e. The standard InChI is InChI=1S/C20H24N2O6S2/c1-27-18-10-5-4-9-16(18)22-30(25,26)15-8-6-7-14(13-15)19(23)21-17(11-12-29-3)20(24)28-2/h4-10,13,17,22H,11-12H2,1-3H3,(H,21,23). The number of anilines is 1. The quantitative estimate of drug-likeness (QED) is 0.533. The molecule has 2 rings (SSSR count). The van der Waals surface area contributed by atoms with Crippen molar-refractivity contribution >= 4 is 39.3 Å². The van der Waals surface area contributed by atoms with Crippen molar-refractivity contribution in [2.24, 2.45) is 0 Å². The van der Waals surface area contributed by atoms with Crippen molar-refractivity contribution in [1.82, 2.24) is 5.32 Å². The van der Waals surface area contributed by atoms with E-state index in [-0.39, 0.29) is 16.1 Å². The van der Waals surface area contributed by atoms with E-state index in [4.69, 9.17) is 9.47 Å². The second-order valence-corrected chi connectivity index (χ2v) is 8.83. The minimum Gasteiger partial charge on any atom is -0.495 e. The molecule has 1 amide bonds. The van der Waals surface area contributed by atoms with Crippen LogP contribution in [0.2, 0.25) is 0 Å². The summed E-state index contributed by atoms with van der Waals surface area (Å²) in [6.45, 7) is 0. The zero-order valence-electron chi connectivity index (χ0n) is 16.9. The molecule has 0 spiro atoms. The van der Waals surface area contributed by atoms with Crippen LogP contribution < -0.4 is 14.8 Å². The first-order valence-corrected chi connectivity index (χ1v) is 11.8. The van der Waals surface area contributed by atoms with Crippen LogP contribution in [0.5, 0.6) is 5.75 Å². The molecule has 0 fully saturated rings. The zero-order chi connectivity index (χ0) is 22.1. The van der Waals surface area contributed by atoms with Gasteiger partial charge in [-0.3, -0.25) is 9.52 Å². The van der Waals surface area contributed by atoms with Crippen molar-refractivity contribution in [3.8, 4) is 5.75 Å². The molecule has 0 saturated carbocycles. The normalized spacial score (nSPS) is 12.0. The summed E-state index contributed by atoms with van der Waals surface area (Å²) < 4.78 is 37.9. The third-order valence-corrected chi connectivity index (χ3v) is 6.17. The van der Waals surface area contributed by atoms with E-state index in [9.17, 15) is 18.0 Å². The average molecular weight is 453 g/mol. The van der Waals surface area contributed by atoms with Crippen molar-refractivity contribution in [3.63, 3.8) is 0 Å². The lowest BCUT2D eigenvalue weighted by atomic mass is 10.1. The van der Waals surface area contributed by atoms with Gasteiger partial charge in [0.05, 0.1) is 24.8 Å². The molecule has 0 bridgehead atoms. The molecule has 0 heterocycles. The zero-order valence-corrected chi connectivity index (χ0v) is 18.5. The number of nitrogens with one attached hydrogen (secondary N) is 2. The first-order valence-electron chi connectivity index (χ1n) is 8.96. The maximum atomic E-state index is 12.8. The van der Waals surface area contributed by atoms with Crippen LogP contribution in [0.25, 0.3) is 0 Å². The fraction of sp³-hybridized carbons (Fsp3) is 0.300. The number of rotatable bonds is 10. The Hall–Kier alpha value is -2.72. The Labute approximate surface area is 180 Å². The number of para-hydroxylation sites is 2. The molecule has 2 aromatic rings. The van der Waals surface area contributed by atoms with Gasteiger partial charge < -0.3 is 14.8 Å².